The molecule has 0 aliphatic rings. The number of carbonyl (C=O) groups is 1. The first kappa shape index (κ1) is 9.55. The van der Waals surface area contributed by atoms with E-state index in [1.807, 2.05) is 11.4 Å². The van der Waals surface area contributed by atoms with E-state index in [-0.39, 0.29) is 5.78 Å². The van der Waals surface area contributed by atoms with Crippen LogP contribution in [0.15, 0.2) is 23.7 Å². The van der Waals surface area contributed by atoms with Gasteiger partial charge in [-0.1, -0.05) is 6.92 Å². The fourth-order valence-corrected chi connectivity index (χ4v) is 2.81. The number of ketones is 1. The minimum Gasteiger partial charge on any atom is -0.287 e. The first-order valence-electron chi connectivity index (χ1n) is 4.34. The maximum Gasteiger partial charge on any atom is 0.214 e. The molecule has 0 amide bonds. The maximum absolute atomic E-state index is 11.9. The summed E-state index contributed by atoms with van der Waals surface area (Å²) in [6, 6.07) is 3.78. The topological polar surface area (TPSA) is 30.0 Å². The molecule has 2 heterocycles. The number of aromatic nitrogens is 1. The van der Waals surface area contributed by atoms with Crippen LogP contribution >= 0.6 is 22.9 Å². The van der Waals surface area contributed by atoms with E-state index in [0.29, 0.717) is 0 Å². The monoisotopic (exact) mass is 223 g/mol. The molecular weight excluding hydrogens is 214 g/mol. The SMILES string of the molecule is CCc1ccsc1C(=O)c1ccns1. The summed E-state index contributed by atoms with van der Waals surface area (Å²) < 4.78 is 3.93. The summed E-state index contributed by atoms with van der Waals surface area (Å²) >= 11 is 2.77. The Morgan fingerprint density at radius 2 is 2.36 bits per heavy atom. The fourth-order valence-electron chi connectivity index (χ4n) is 1.26. The van der Waals surface area contributed by atoms with E-state index >= 15 is 0 Å². The van der Waals surface area contributed by atoms with Gasteiger partial charge >= 0.3 is 0 Å². The van der Waals surface area contributed by atoms with E-state index in [2.05, 4.69) is 11.3 Å². The van der Waals surface area contributed by atoms with Gasteiger partial charge in [-0.05, 0) is 41.0 Å². The van der Waals surface area contributed by atoms with Crippen molar-refractivity contribution in [2.45, 2.75) is 13.3 Å². The van der Waals surface area contributed by atoms with Gasteiger partial charge < -0.3 is 0 Å². The molecule has 2 nitrogen and oxygen atoms in total. The second-order valence-corrected chi connectivity index (χ2v) is 4.58. The Balaban J connectivity index is 2.36. The van der Waals surface area contributed by atoms with Gasteiger partial charge in [0.1, 0.15) is 0 Å². The van der Waals surface area contributed by atoms with Crippen LogP contribution in [0.4, 0.5) is 0 Å². The number of hydrogen-bond donors (Lipinski definition) is 0. The highest BCUT2D eigenvalue weighted by atomic mass is 32.1. The molecule has 0 saturated carbocycles. The van der Waals surface area contributed by atoms with Crippen LogP contribution < -0.4 is 0 Å². The van der Waals surface area contributed by atoms with Gasteiger partial charge in [-0.3, -0.25) is 4.79 Å². The molecule has 2 rings (SSSR count). The summed E-state index contributed by atoms with van der Waals surface area (Å²) in [5.41, 5.74) is 1.13. The summed E-state index contributed by atoms with van der Waals surface area (Å²) in [5.74, 6) is 0.111. The molecule has 0 aliphatic heterocycles. The quantitative estimate of drug-likeness (QED) is 0.749. The maximum atomic E-state index is 11.9. The molecule has 0 bridgehead atoms. The van der Waals surface area contributed by atoms with E-state index in [1.165, 1.54) is 22.9 Å². The smallest absolute Gasteiger partial charge is 0.214 e. The number of carbonyl (C=O) groups excluding carboxylic acids is 1. The van der Waals surface area contributed by atoms with Crippen LogP contribution in [0.25, 0.3) is 0 Å². The molecule has 0 aliphatic carbocycles. The van der Waals surface area contributed by atoms with Crippen LogP contribution in [0.3, 0.4) is 0 Å². The molecule has 72 valence electrons. The van der Waals surface area contributed by atoms with Gasteiger partial charge in [0.05, 0.1) is 9.75 Å². The Kier molecular flexibility index (Phi) is 2.74. The third-order valence-electron chi connectivity index (χ3n) is 2.00. The average molecular weight is 223 g/mol. The molecule has 0 atom stereocenters. The lowest BCUT2D eigenvalue weighted by Crippen LogP contribution is -1.98. The zero-order valence-corrected chi connectivity index (χ0v) is 9.32. The minimum atomic E-state index is 0.111. The zero-order chi connectivity index (χ0) is 9.97. The third kappa shape index (κ3) is 1.63. The van der Waals surface area contributed by atoms with Crippen molar-refractivity contribution in [3.8, 4) is 0 Å². The van der Waals surface area contributed by atoms with Crippen molar-refractivity contribution in [2.75, 3.05) is 0 Å². The van der Waals surface area contributed by atoms with Crippen LogP contribution in [0.1, 0.15) is 27.0 Å². The highest BCUT2D eigenvalue weighted by Crippen LogP contribution is 2.22. The van der Waals surface area contributed by atoms with Crippen molar-refractivity contribution in [2.24, 2.45) is 0 Å². The van der Waals surface area contributed by atoms with Gasteiger partial charge in [0.15, 0.2) is 0 Å². The summed E-state index contributed by atoms with van der Waals surface area (Å²) in [6.45, 7) is 2.06. The third-order valence-corrected chi connectivity index (χ3v) is 3.70. The lowest BCUT2D eigenvalue weighted by atomic mass is 10.1. The summed E-state index contributed by atoms with van der Waals surface area (Å²) in [4.78, 5) is 13.5. The highest BCUT2D eigenvalue weighted by molar-refractivity contribution is 7.14. The van der Waals surface area contributed by atoms with Crippen molar-refractivity contribution >= 4 is 28.7 Å². The second kappa shape index (κ2) is 4.02. The average Bonchev–Trinajstić information content (AvgIpc) is 2.87. The molecule has 0 fully saturated rings. The second-order valence-electron chi connectivity index (χ2n) is 2.83. The van der Waals surface area contributed by atoms with Crippen LogP contribution in [0.5, 0.6) is 0 Å². The Morgan fingerprint density at radius 3 is 3.00 bits per heavy atom. The van der Waals surface area contributed by atoms with Crippen molar-refractivity contribution in [1.82, 2.24) is 4.37 Å². The van der Waals surface area contributed by atoms with Gasteiger partial charge in [-0.2, -0.15) is 0 Å². The van der Waals surface area contributed by atoms with Gasteiger partial charge in [-0.15, -0.1) is 11.3 Å². The van der Waals surface area contributed by atoms with Crippen LogP contribution in [0, 0.1) is 0 Å². The predicted molar refractivity (Wildman–Crippen MR) is 59.2 cm³/mol. The van der Waals surface area contributed by atoms with Crippen molar-refractivity contribution in [1.29, 1.82) is 0 Å². The number of rotatable bonds is 3. The summed E-state index contributed by atoms with van der Waals surface area (Å²) in [7, 11) is 0. The van der Waals surface area contributed by atoms with Crippen LogP contribution in [0.2, 0.25) is 0 Å². The Labute approximate surface area is 90.4 Å². The zero-order valence-electron chi connectivity index (χ0n) is 7.69. The highest BCUT2D eigenvalue weighted by Gasteiger charge is 2.15. The lowest BCUT2D eigenvalue weighted by molar-refractivity contribution is 0.104. The minimum absolute atomic E-state index is 0.111. The Morgan fingerprint density at radius 1 is 1.50 bits per heavy atom. The summed E-state index contributed by atoms with van der Waals surface area (Å²) in [5, 5.41) is 1.97. The van der Waals surface area contributed by atoms with E-state index in [9.17, 15) is 4.79 Å². The molecule has 0 aromatic carbocycles. The number of nitrogens with zero attached hydrogens (tertiary/aromatic N) is 1. The van der Waals surface area contributed by atoms with Gasteiger partial charge in [0.25, 0.3) is 0 Å². The molecule has 2 aromatic rings. The van der Waals surface area contributed by atoms with Crippen molar-refractivity contribution in [3.05, 3.63) is 39.0 Å². The number of aryl methyl sites for hydroxylation is 1. The van der Waals surface area contributed by atoms with E-state index in [4.69, 9.17) is 0 Å². The van der Waals surface area contributed by atoms with Gasteiger partial charge in [-0.25, -0.2) is 4.37 Å². The standard InChI is InChI=1S/C10H9NOS2/c1-2-7-4-6-13-10(7)9(12)8-3-5-11-14-8/h3-6H,2H2,1H3. The molecule has 0 N–H and O–H groups in total. The van der Waals surface area contributed by atoms with E-state index < -0.39 is 0 Å². The fraction of sp³-hybridized carbons (Fsp3) is 0.200. The molecule has 0 unspecified atom stereocenters. The van der Waals surface area contributed by atoms with Crippen molar-refractivity contribution in [3.63, 3.8) is 0 Å². The molecule has 0 radical (unpaired) electrons. The van der Waals surface area contributed by atoms with Gasteiger partial charge in [0.2, 0.25) is 5.78 Å². The van der Waals surface area contributed by atoms with Crippen molar-refractivity contribution < 1.29 is 4.79 Å². The molecule has 0 saturated heterocycles. The van der Waals surface area contributed by atoms with Crippen LogP contribution in [-0.4, -0.2) is 10.2 Å². The molecule has 2 aromatic heterocycles. The Bertz CT molecular complexity index is 431. The molecular formula is C10H9NOS2. The van der Waals surface area contributed by atoms with Crippen LogP contribution in [-0.2, 0) is 6.42 Å². The van der Waals surface area contributed by atoms with E-state index in [1.54, 1.807) is 12.3 Å². The van der Waals surface area contributed by atoms with Gasteiger partial charge in [0, 0.05) is 6.20 Å². The first-order valence-corrected chi connectivity index (χ1v) is 6.00. The molecule has 14 heavy (non-hydrogen) atoms. The largest absolute Gasteiger partial charge is 0.287 e. The normalized spacial score (nSPS) is 10.4. The predicted octanol–water partition coefficient (Wildman–Crippen LogP) is 3.00. The number of thiophene rings is 1. The molecule has 4 heteroatoms. The molecule has 0 spiro atoms. The summed E-state index contributed by atoms with van der Waals surface area (Å²) in [6.07, 6.45) is 2.57. The first-order chi connectivity index (χ1) is 6.83. The lowest BCUT2D eigenvalue weighted by Gasteiger charge is -1.96. The number of hydrogen-bond acceptors (Lipinski definition) is 4. The van der Waals surface area contributed by atoms with E-state index in [0.717, 1.165) is 21.7 Å². The Hall–Kier alpha value is -1.00.